The Morgan fingerprint density at radius 2 is 1.30 bits per heavy atom. The standard InChI is InChI=1S/C10H8F6O3S/c11-9(12,13)6-3-7(10(14,15)16)5-8(4-6)20(18,19)2-1-17/h3-5,17H,1-2H2. The molecular formula is C10H8F6O3S. The van der Waals surface area contributed by atoms with Crippen LogP contribution < -0.4 is 0 Å². The fourth-order valence-corrected chi connectivity index (χ4v) is 2.43. The zero-order valence-corrected chi connectivity index (χ0v) is 10.4. The first kappa shape index (κ1) is 16.8. The lowest BCUT2D eigenvalue weighted by atomic mass is 10.1. The summed E-state index contributed by atoms with van der Waals surface area (Å²) in [5.74, 6) is -0.967. The summed E-state index contributed by atoms with van der Waals surface area (Å²) in [5, 5.41) is 8.50. The number of halogens is 6. The summed E-state index contributed by atoms with van der Waals surface area (Å²) < 4.78 is 98.0. The van der Waals surface area contributed by atoms with Crippen LogP contribution >= 0.6 is 0 Å². The highest BCUT2D eigenvalue weighted by Crippen LogP contribution is 2.37. The number of rotatable bonds is 3. The Morgan fingerprint density at radius 1 is 0.900 bits per heavy atom. The van der Waals surface area contributed by atoms with Gasteiger partial charge >= 0.3 is 12.4 Å². The molecule has 3 nitrogen and oxygen atoms in total. The van der Waals surface area contributed by atoms with Gasteiger partial charge in [0.05, 0.1) is 28.4 Å². The van der Waals surface area contributed by atoms with E-state index in [2.05, 4.69) is 0 Å². The van der Waals surface area contributed by atoms with E-state index in [1.165, 1.54) is 0 Å². The molecule has 0 aromatic heterocycles. The molecule has 0 fully saturated rings. The second-order valence-electron chi connectivity index (χ2n) is 3.78. The third-order valence-corrected chi connectivity index (χ3v) is 3.95. The van der Waals surface area contributed by atoms with Gasteiger partial charge in [-0.05, 0) is 18.2 Å². The molecule has 0 aliphatic carbocycles. The Kier molecular flexibility index (Phi) is 4.39. The van der Waals surface area contributed by atoms with Crippen LogP contribution in [0.5, 0.6) is 0 Å². The van der Waals surface area contributed by atoms with Gasteiger partial charge in [0.15, 0.2) is 9.84 Å². The number of benzene rings is 1. The van der Waals surface area contributed by atoms with E-state index in [4.69, 9.17) is 5.11 Å². The lowest BCUT2D eigenvalue weighted by Gasteiger charge is -2.14. The maximum Gasteiger partial charge on any atom is 0.416 e. The summed E-state index contributed by atoms with van der Waals surface area (Å²) in [7, 11) is -4.43. The van der Waals surface area contributed by atoms with Crippen molar-refractivity contribution in [1.29, 1.82) is 0 Å². The van der Waals surface area contributed by atoms with E-state index in [1.807, 2.05) is 0 Å². The molecule has 1 aromatic carbocycles. The van der Waals surface area contributed by atoms with Crippen LogP contribution in [0.2, 0.25) is 0 Å². The molecule has 1 aromatic rings. The number of sulfone groups is 1. The average Bonchev–Trinajstić information content (AvgIpc) is 2.26. The number of aliphatic hydroxyl groups excluding tert-OH is 1. The van der Waals surface area contributed by atoms with Gasteiger partial charge in [0.25, 0.3) is 0 Å². The van der Waals surface area contributed by atoms with Crippen LogP contribution in [0, 0.1) is 0 Å². The minimum atomic E-state index is -5.12. The monoisotopic (exact) mass is 322 g/mol. The van der Waals surface area contributed by atoms with Crippen molar-refractivity contribution in [1.82, 2.24) is 0 Å². The first-order chi connectivity index (χ1) is 8.88. The second-order valence-corrected chi connectivity index (χ2v) is 5.89. The maximum absolute atomic E-state index is 12.5. The molecule has 1 N–H and O–H groups in total. The lowest BCUT2D eigenvalue weighted by Crippen LogP contribution is -2.16. The molecule has 0 bridgehead atoms. The van der Waals surface area contributed by atoms with Crippen molar-refractivity contribution in [2.75, 3.05) is 12.4 Å². The largest absolute Gasteiger partial charge is 0.416 e. The van der Waals surface area contributed by atoms with Crippen molar-refractivity contribution in [2.24, 2.45) is 0 Å². The van der Waals surface area contributed by atoms with Crippen molar-refractivity contribution in [2.45, 2.75) is 17.2 Å². The van der Waals surface area contributed by atoms with Gasteiger partial charge < -0.3 is 5.11 Å². The zero-order valence-electron chi connectivity index (χ0n) is 9.59. The van der Waals surface area contributed by atoms with Crippen LogP contribution in [0.3, 0.4) is 0 Å². The van der Waals surface area contributed by atoms with Crippen molar-refractivity contribution in [3.63, 3.8) is 0 Å². The molecule has 20 heavy (non-hydrogen) atoms. The first-order valence-electron chi connectivity index (χ1n) is 5.01. The third kappa shape index (κ3) is 3.85. The van der Waals surface area contributed by atoms with Gasteiger partial charge in [-0.15, -0.1) is 0 Å². The molecule has 0 heterocycles. The van der Waals surface area contributed by atoms with Crippen LogP contribution in [0.1, 0.15) is 11.1 Å². The van der Waals surface area contributed by atoms with Crippen LogP contribution in [0.15, 0.2) is 23.1 Å². The maximum atomic E-state index is 12.5. The number of alkyl halides is 6. The molecule has 0 unspecified atom stereocenters. The van der Waals surface area contributed by atoms with E-state index in [0.717, 1.165) is 0 Å². The lowest BCUT2D eigenvalue weighted by molar-refractivity contribution is -0.143. The SMILES string of the molecule is O=S(=O)(CCO)c1cc(C(F)(F)F)cc(C(F)(F)F)c1. The first-order valence-corrected chi connectivity index (χ1v) is 6.66. The molecule has 0 aliphatic rings. The van der Waals surface area contributed by atoms with E-state index < -0.39 is 50.6 Å². The fourth-order valence-electron chi connectivity index (χ4n) is 1.34. The molecular weight excluding hydrogens is 314 g/mol. The minimum absolute atomic E-state index is 0.111. The van der Waals surface area contributed by atoms with Gasteiger partial charge in [-0.1, -0.05) is 0 Å². The van der Waals surface area contributed by atoms with Gasteiger partial charge in [0, 0.05) is 0 Å². The Balaban J connectivity index is 3.55. The number of hydrogen-bond acceptors (Lipinski definition) is 3. The highest BCUT2D eigenvalue weighted by molar-refractivity contribution is 7.91. The van der Waals surface area contributed by atoms with Crippen LogP contribution in [0.25, 0.3) is 0 Å². The molecule has 0 radical (unpaired) electrons. The third-order valence-electron chi connectivity index (χ3n) is 2.28. The van der Waals surface area contributed by atoms with Crippen molar-refractivity contribution >= 4 is 9.84 Å². The van der Waals surface area contributed by atoms with Crippen molar-refractivity contribution < 1.29 is 39.9 Å². The molecule has 0 amide bonds. The molecule has 1 rings (SSSR count). The van der Waals surface area contributed by atoms with Crippen molar-refractivity contribution in [3.8, 4) is 0 Å². The van der Waals surface area contributed by atoms with E-state index in [0.29, 0.717) is 0 Å². The van der Waals surface area contributed by atoms with Crippen molar-refractivity contribution in [3.05, 3.63) is 29.3 Å². The Morgan fingerprint density at radius 3 is 1.60 bits per heavy atom. The zero-order chi connectivity index (χ0) is 15.8. The van der Waals surface area contributed by atoms with E-state index >= 15 is 0 Å². The molecule has 0 aliphatic heterocycles. The Labute approximate surface area is 109 Å². The fraction of sp³-hybridized carbons (Fsp3) is 0.400. The highest BCUT2D eigenvalue weighted by Gasteiger charge is 2.38. The number of aliphatic hydroxyl groups is 1. The summed E-state index contributed by atoms with van der Waals surface area (Å²) in [6.45, 7) is -0.917. The molecule has 10 heteroatoms. The Hall–Kier alpha value is -1.29. The summed E-state index contributed by atoms with van der Waals surface area (Å²) in [6.07, 6.45) is -10.2. The molecule has 0 saturated heterocycles. The molecule has 114 valence electrons. The highest BCUT2D eigenvalue weighted by atomic mass is 32.2. The molecule has 0 spiro atoms. The van der Waals surface area contributed by atoms with Crippen LogP contribution in [0.4, 0.5) is 26.3 Å². The topological polar surface area (TPSA) is 54.4 Å². The minimum Gasteiger partial charge on any atom is -0.395 e. The normalized spacial score (nSPS) is 13.6. The predicted molar refractivity (Wildman–Crippen MR) is 55.6 cm³/mol. The van der Waals surface area contributed by atoms with Crippen LogP contribution in [-0.4, -0.2) is 25.9 Å². The van der Waals surface area contributed by atoms with Gasteiger partial charge in [0.1, 0.15) is 0 Å². The van der Waals surface area contributed by atoms with E-state index in [1.54, 1.807) is 0 Å². The predicted octanol–water partition coefficient (Wildman–Crippen LogP) is 2.49. The van der Waals surface area contributed by atoms with E-state index in [-0.39, 0.29) is 18.2 Å². The average molecular weight is 322 g/mol. The quantitative estimate of drug-likeness (QED) is 0.870. The van der Waals surface area contributed by atoms with E-state index in [9.17, 15) is 34.8 Å². The summed E-state index contributed by atoms with van der Waals surface area (Å²) in [6, 6.07) is 0.0540. The summed E-state index contributed by atoms with van der Waals surface area (Å²) in [5.41, 5.74) is -3.44. The van der Waals surface area contributed by atoms with Gasteiger partial charge in [-0.25, -0.2) is 8.42 Å². The van der Waals surface area contributed by atoms with Gasteiger partial charge in [-0.3, -0.25) is 0 Å². The molecule has 0 atom stereocenters. The van der Waals surface area contributed by atoms with Gasteiger partial charge in [0.2, 0.25) is 0 Å². The smallest absolute Gasteiger partial charge is 0.395 e. The summed E-state index contributed by atoms with van der Waals surface area (Å²) >= 11 is 0. The van der Waals surface area contributed by atoms with Gasteiger partial charge in [-0.2, -0.15) is 26.3 Å². The molecule has 0 saturated carbocycles. The second kappa shape index (κ2) is 5.24. The van der Waals surface area contributed by atoms with Crippen LogP contribution in [-0.2, 0) is 22.2 Å². The Bertz CT molecular complexity index is 556. The number of hydrogen-bond donors (Lipinski definition) is 1. The summed E-state index contributed by atoms with van der Waals surface area (Å²) in [4.78, 5) is -1.13.